The number of methoxy groups -OCH3 is 1. The molecule has 2 N–H and O–H groups in total. The number of nitro benzene ring substituents is 1. The molecular formula is C13H17NO9S. The number of rotatable bonds is 5. The summed E-state index contributed by atoms with van der Waals surface area (Å²) in [6.45, 7) is 1.46. The molecule has 1 fully saturated rings. The first-order valence-corrected chi connectivity index (χ1v) is 8.30. The van der Waals surface area contributed by atoms with Crippen molar-refractivity contribution in [1.82, 2.24) is 0 Å². The van der Waals surface area contributed by atoms with Crippen LogP contribution in [0.2, 0.25) is 0 Å². The van der Waals surface area contributed by atoms with Gasteiger partial charge >= 0.3 is 0 Å². The van der Waals surface area contributed by atoms with E-state index in [0.717, 1.165) is 24.3 Å². The van der Waals surface area contributed by atoms with Crippen LogP contribution >= 0.6 is 0 Å². The molecule has 134 valence electrons. The Morgan fingerprint density at radius 2 is 1.79 bits per heavy atom. The Morgan fingerprint density at radius 1 is 1.21 bits per heavy atom. The molecule has 0 radical (unpaired) electrons. The first kappa shape index (κ1) is 18.7. The smallest absolute Gasteiger partial charge is 0.297 e. The van der Waals surface area contributed by atoms with E-state index in [-0.39, 0.29) is 10.6 Å². The number of ether oxygens (including phenoxy) is 2. The van der Waals surface area contributed by atoms with Crippen LogP contribution in [0.1, 0.15) is 6.92 Å². The van der Waals surface area contributed by atoms with Gasteiger partial charge in [0.15, 0.2) is 6.29 Å². The second kappa shape index (κ2) is 7.09. The Labute approximate surface area is 137 Å². The van der Waals surface area contributed by atoms with E-state index < -0.39 is 45.7 Å². The van der Waals surface area contributed by atoms with Crippen molar-refractivity contribution in [2.24, 2.45) is 0 Å². The molecule has 1 aromatic carbocycles. The highest BCUT2D eigenvalue weighted by molar-refractivity contribution is 7.86. The second-order valence-electron chi connectivity index (χ2n) is 5.19. The standard InChI is InChI=1S/C13H17NO9S/c1-7-12(10(15)11(16)13(21-2)22-7)23-24(19,20)9-5-3-8(4-6-9)14(17)18/h3-7,10-13,15-16H,1-2H3/t7-,10-,11+,12-,13+/m1/s1. The van der Waals surface area contributed by atoms with E-state index >= 15 is 0 Å². The highest BCUT2D eigenvalue weighted by Crippen LogP contribution is 2.27. The molecule has 0 aromatic heterocycles. The van der Waals surface area contributed by atoms with Gasteiger partial charge in [0.25, 0.3) is 15.8 Å². The predicted octanol–water partition coefficient (Wildman–Crippen LogP) is -0.218. The summed E-state index contributed by atoms with van der Waals surface area (Å²) in [6.07, 6.45) is -6.43. The number of nitro groups is 1. The number of hydrogen-bond acceptors (Lipinski definition) is 9. The van der Waals surface area contributed by atoms with Crippen molar-refractivity contribution in [3.8, 4) is 0 Å². The highest BCUT2D eigenvalue weighted by Gasteiger charge is 2.45. The maximum absolute atomic E-state index is 12.3. The monoisotopic (exact) mass is 363 g/mol. The summed E-state index contributed by atoms with van der Waals surface area (Å²) in [5.74, 6) is 0. The van der Waals surface area contributed by atoms with Crippen molar-refractivity contribution in [1.29, 1.82) is 0 Å². The Morgan fingerprint density at radius 3 is 2.29 bits per heavy atom. The summed E-state index contributed by atoms with van der Waals surface area (Å²) in [6, 6.07) is 4.07. The van der Waals surface area contributed by atoms with Crippen molar-refractivity contribution < 1.29 is 37.2 Å². The molecule has 0 spiro atoms. The third-order valence-electron chi connectivity index (χ3n) is 3.58. The van der Waals surface area contributed by atoms with Crippen LogP contribution in [-0.2, 0) is 23.8 Å². The van der Waals surface area contributed by atoms with Gasteiger partial charge in [-0.1, -0.05) is 0 Å². The molecule has 0 unspecified atom stereocenters. The molecule has 1 saturated heterocycles. The van der Waals surface area contributed by atoms with E-state index in [1.807, 2.05) is 0 Å². The zero-order valence-electron chi connectivity index (χ0n) is 12.8. The van der Waals surface area contributed by atoms with Crippen LogP contribution in [0.15, 0.2) is 29.2 Å². The van der Waals surface area contributed by atoms with Gasteiger partial charge in [-0.3, -0.25) is 14.3 Å². The number of nitrogens with zero attached hydrogens (tertiary/aromatic N) is 1. The van der Waals surface area contributed by atoms with E-state index in [4.69, 9.17) is 13.7 Å². The van der Waals surface area contributed by atoms with Crippen LogP contribution in [0, 0.1) is 10.1 Å². The lowest BCUT2D eigenvalue weighted by Crippen LogP contribution is -2.58. The summed E-state index contributed by atoms with van der Waals surface area (Å²) < 4.78 is 39.6. The minimum atomic E-state index is -4.33. The van der Waals surface area contributed by atoms with Crippen LogP contribution in [0.3, 0.4) is 0 Å². The summed E-state index contributed by atoms with van der Waals surface area (Å²) >= 11 is 0. The van der Waals surface area contributed by atoms with Crippen LogP contribution in [-0.4, -0.2) is 61.4 Å². The molecule has 0 amide bonds. The number of aliphatic hydroxyl groups is 2. The molecule has 1 aliphatic rings. The predicted molar refractivity (Wildman–Crippen MR) is 78.5 cm³/mol. The van der Waals surface area contributed by atoms with E-state index in [1.165, 1.54) is 14.0 Å². The number of aliphatic hydroxyl groups excluding tert-OH is 2. The summed E-state index contributed by atoms with van der Waals surface area (Å²) in [4.78, 5) is 9.61. The topological polar surface area (TPSA) is 145 Å². The van der Waals surface area contributed by atoms with Gasteiger partial charge in [0.2, 0.25) is 0 Å². The molecule has 0 bridgehead atoms. The Kier molecular flexibility index (Phi) is 5.52. The average molecular weight is 363 g/mol. The minimum absolute atomic E-state index is 0.276. The SMILES string of the molecule is CO[C@H]1O[C@H](C)[C@@H](OS(=O)(=O)c2ccc([N+](=O)[O-])cc2)[C@H](O)[C@@H]1O. The normalized spacial score (nSPS) is 30.9. The van der Waals surface area contributed by atoms with Crippen molar-refractivity contribution in [3.63, 3.8) is 0 Å². The molecule has 0 saturated carbocycles. The maximum atomic E-state index is 12.3. The van der Waals surface area contributed by atoms with Crippen molar-refractivity contribution >= 4 is 15.8 Å². The van der Waals surface area contributed by atoms with Gasteiger partial charge in [0.05, 0.1) is 15.9 Å². The number of benzene rings is 1. The lowest BCUT2D eigenvalue weighted by atomic mass is 10.0. The fourth-order valence-electron chi connectivity index (χ4n) is 2.27. The van der Waals surface area contributed by atoms with Gasteiger partial charge in [-0.15, -0.1) is 0 Å². The van der Waals surface area contributed by atoms with Crippen LogP contribution in [0.5, 0.6) is 0 Å². The van der Waals surface area contributed by atoms with Gasteiger partial charge < -0.3 is 19.7 Å². The zero-order chi connectivity index (χ0) is 18.1. The molecule has 1 aromatic rings. The van der Waals surface area contributed by atoms with Gasteiger partial charge in [-0.2, -0.15) is 8.42 Å². The number of hydrogen-bond donors (Lipinski definition) is 2. The molecule has 24 heavy (non-hydrogen) atoms. The lowest BCUT2D eigenvalue weighted by Gasteiger charge is -2.39. The van der Waals surface area contributed by atoms with Gasteiger partial charge in [-0.25, -0.2) is 0 Å². The first-order valence-electron chi connectivity index (χ1n) is 6.89. The van der Waals surface area contributed by atoms with E-state index in [2.05, 4.69) is 0 Å². The van der Waals surface area contributed by atoms with Crippen molar-refractivity contribution in [2.75, 3.05) is 7.11 Å². The Hall–Kier alpha value is -1.63. The lowest BCUT2D eigenvalue weighted by molar-refractivity contribution is -0.384. The van der Waals surface area contributed by atoms with E-state index in [9.17, 15) is 28.7 Å². The van der Waals surface area contributed by atoms with Gasteiger partial charge in [0.1, 0.15) is 18.3 Å². The summed E-state index contributed by atoms with van der Waals surface area (Å²) in [7, 11) is -3.06. The quantitative estimate of drug-likeness (QED) is 0.412. The minimum Gasteiger partial charge on any atom is -0.387 e. The second-order valence-corrected chi connectivity index (χ2v) is 6.76. The van der Waals surface area contributed by atoms with Crippen molar-refractivity contribution in [3.05, 3.63) is 34.4 Å². The van der Waals surface area contributed by atoms with Crippen molar-refractivity contribution in [2.45, 2.75) is 42.5 Å². The fourth-order valence-corrected chi connectivity index (χ4v) is 3.41. The third kappa shape index (κ3) is 3.71. The van der Waals surface area contributed by atoms with Crippen LogP contribution < -0.4 is 0 Å². The molecule has 0 aliphatic carbocycles. The summed E-state index contributed by atoms with van der Waals surface area (Å²) in [5, 5.41) is 30.5. The average Bonchev–Trinajstić information content (AvgIpc) is 2.55. The summed E-state index contributed by atoms with van der Waals surface area (Å²) in [5.41, 5.74) is -0.276. The number of non-ortho nitro benzene ring substituents is 1. The molecule has 1 aliphatic heterocycles. The molecule has 10 nitrogen and oxygen atoms in total. The zero-order valence-corrected chi connectivity index (χ0v) is 13.6. The largest absolute Gasteiger partial charge is 0.387 e. The molecule has 5 atom stereocenters. The van der Waals surface area contributed by atoms with Gasteiger partial charge in [0, 0.05) is 19.2 Å². The van der Waals surface area contributed by atoms with Crippen LogP contribution in [0.25, 0.3) is 0 Å². The highest BCUT2D eigenvalue weighted by atomic mass is 32.2. The molecular weight excluding hydrogens is 346 g/mol. The fraction of sp³-hybridized carbons (Fsp3) is 0.538. The van der Waals surface area contributed by atoms with Gasteiger partial charge in [-0.05, 0) is 19.1 Å². The van der Waals surface area contributed by atoms with E-state index in [1.54, 1.807) is 0 Å². The molecule has 1 heterocycles. The third-order valence-corrected chi connectivity index (χ3v) is 4.91. The first-order chi connectivity index (χ1) is 11.2. The maximum Gasteiger partial charge on any atom is 0.297 e. The molecule has 11 heteroatoms. The Balaban J connectivity index is 2.20. The van der Waals surface area contributed by atoms with Crippen LogP contribution in [0.4, 0.5) is 5.69 Å². The Bertz CT molecular complexity index is 690. The molecule has 2 rings (SSSR count). The van der Waals surface area contributed by atoms with E-state index in [0.29, 0.717) is 0 Å².